The number of carboxylic acids is 1. The molecule has 4 aromatic carbocycles. The number of aliphatic carboxylic acids is 1. The van der Waals surface area contributed by atoms with E-state index in [1.54, 1.807) is 42.2 Å². The Balaban J connectivity index is 1.62. The fourth-order valence-corrected chi connectivity index (χ4v) is 5.07. The molecule has 0 fully saturated rings. The molecule has 0 aromatic heterocycles. The molecule has 2 amide bonds. The van der Waals surface area contributed by atoms with Gasteiger partial charge in [-0.05, 0) is 59.9 Å². The number of amides is 2. The van der Waals surface area contributed by atoms with E-state index in [4.69, 9.17) is 9.47 Å². The number of ether oxygens (including phenoxy) is 2. The Labute approximate surface area is 258 Å². The number of rotatable bonds is 14. The molecule has 0 saturated carbocycles. The first-order chi connectivity index (χ1) is 21.3. The molecule has 0 radical (unpaired) electrons. The van der Waals surface area contributed by atoms with Crippen molar-refractivity contribution in [3.8, 4) is 22.6 Å². The molecule has 0 aliphatic carbocycles. The van der Waals surface area contributed by atoms with E-state index < -0.39 is 5.97 Å². The third-order valence-corrected chi connectivity index (χ3v) is 7.30. The predicted octanol–water partition coefficient (Wildman–Crippen LogP) is 6.19. The first kappa shape index (κ1) is 31.8. The first-order valence-electron chi connectivity index (χ1n) is 14.6. The van der Waals surface area contributed by atoms with Crippen molar-refractivity contribution < 1.29 is 29.0 Å². The fourth-order valence-electron chi connectivity index (χ4n) is 5.07. The summed E-state index contributed by atoms with van der Waals surface area (Å²) in [5.74, 6) is -0.236. The van der Waals surface area contributed by atoms with Crippen molar-refractivity contribution in [2.45, 2.75) is 26.3 Å². The molecule has 0 atom stereocenters. The third kappa shape index (κ3) is 8.04. The summed E-state index contributed by atoms with van der Waals surface area (Å²) in [7, 11) is 3.33. The number of carbonyl (C=O) groups excluding carboxylic acids is 2. The van der Waals surface area contributed by atoms with Gasteiger partial charge >= 0.3 is 5.97 Å². The van der Waals surface area contributed by atoms with Gasteiger partial charge in [-0.15, -0.1) is 0 Å². The third-order valence-electron chi connectivity index (χ3n) is 7.30. The molecule has 0 heterocycles. The molecule has 0 unspecified atom stereocenters. The monoisotopic (exact) mass is 594 g/mol. The lowest BCUT2D eigenvalue weighted by Crippen LogP contribution is -2.35. The quantitative estimate of drug-likeness (QED) is 0.187. The average Bonchev–Trinajstić information content (AvgIpc) is 3.05. The number of hydrogen-bond acceptors (Lipinski definition) is 5. The minimum absolute atomic E-state index is 0.0387. The van der Waals surface area contributed by atoms with Crippen molar-refractivity contribution in [3.63, 3.8) is 0 Å². The van der Waals surface area contributed by atoms with E-state index in [-0.39, 0.29) is 31.3 Å². The zero-order chi connectivity index (χ0) is 31.5. The van der Waals surface area contributed by atoms with Crippen molar-refractivity contribution in [3.05, 3.63) is 119 Å². The second-order valence-electron chi connectivity index (χ2n) is 10.3. The van der Waals surface area contributed by atoms with Crippen LogP contribution >= 0.6 is 0 Å². The molecule has 0 saturated heterocycles. The molecule has 8 heteroatoms. The van der Waals surface area contributed by atoms with Crippen LogP contribution < -0.4 is 9.47 Å². The van der Waals surface area contributed by atoms with Crippen LogP contribution in [-0.4, -0.2) is 66.5 Å². The molecular formula is C36H38N2O6. The van der Waals surface area contributed by atoms with E-state index in [0.29, 0.717) is 53.3 Å². The zero-order valence-electron chi connectivity index (χ0n) is 25.4. The Bertz CT molecular complexity index is 1590. The zero-order valence-corrected chi connectivity index (χ0v) is 25.4. The number of nitrogens with zero attached hydrogens (tertiary/aromatic N) is 2. The summed E-state index contributed by atoms with van der Waals surface area (Å²) < 4.78 is 11.1. The van der Waals surface area contributed by atoms with E-state index in [2.05, 4.69) is 0 Å². The second-order valence-corrected chi connectivity index (χ2v) is 10.3. The summed E-state index contributed by atoms with van der Waals surface area (Å²) in [5, 5.41) is 9.43. The SMILES string of the molecule is CCOc1ccc(CCN(CCC(=O)O)C(=O)c2ccccc2-c2ccccc2C(=O)N(C)Cc2ccccc2)cc1OC. The van der Waals surface area contributed by atoms with E-state index in [0.717, 1.165) is 11.1 Å². The van der Waals surface area contributed by atoms with Gasteiger partial charge in [0, 0.05) is 37.8 Å². The first-order valence-corrected chi connectivity index (χ1v) is 14.6. The lowest BCUT2D eigenvalue weighted by Gasteiger charge is -2.24. The highest BCUT2D eigenvalue weighted by Crippen LogP contribution is 2.30. The Morgan fingerprint density at radius 3 is 1.95 bits per heavy atom. The van der Waals surface area contributed by atoms with Gasteiger partial charge in [-0.3, -0.25) is 14.4 Å². The van der Waals surface area contributed by atoms with Crippen LogP contribution in [0.3, 0.4) is 0 Å². The lowest BCUT2D eigenvalue weighted by atomic mass is 9.94. The molecule has 4 rings (SSSR count). The van der Waals surface area contributed by atoms with E-state index in [9.17, 15) is 19.5 Å². The number of methoxy groups -OCH3 is 1. The maximum atomic E-state index is 14.1. The topological polar surface area (TPSA) is 96.4 Å². The smallest absolute Gasteiger partial charge is 0.305 e. The molecule has 0 spiro atoms. The minimum Gasteiger partial charge on any atom is -0.493 e. The van der Waals surface area contributed by atoms with Gasteiger partial charge in [-0.2, -0.15) is 0 Å². The maximum Gasteiger partial charge on any atom is 0.305 e. The Morgan fingerprint density at radius 2 is 1.34 bits per heavy atom. The van der Waals surface area contributed by atoms with Crippen LogP contribution in [0.25, 0.3) is 11.1 Å². The normalized spacial score (nSPS) is 10.6. The van der Waals surface area contributed by atoms with Gasteiger partial charge in [0.1, 0.15) is 0 Å². The highest BCUT2D eigenvalue weighted by molar-refractivity contribution is 6.06. The number of hydrogen-bond donors (Lipinski definition) is 1. The van der Waals surface area contributed by atoms with Gasteiger partial charge in [-0.25, -0.2) is 0 Å². The van der Waals surface area contributed by atoms with Crippen molar-refractivity contribution in [1.82, 2.24) is 9.80 Å². The molecule has 0 aliphatic rings. The van der Waals surface area contributed by atoms with Crippen LogP contribution in [0.1, 0.15) is 45.2 Å². The lowest BCUT2D eigenvalue weighted by molar-refractivity contribution is -0.137. The van der Waals surface area contributed by atoms with E-state index >= 15 is 0 Å². The van der Waals surface area contributed by atoms with Crippen molar-refractivity contribution in [2.75, 3.05) is 33.9 Å². The number of benzene rings is 4. The largest absolute Gasteiger partial charge is 0.493 e. The van der Waals surface area contributed by atoms with Gasteiger partial charge in [0.05, 0.1) is 20.1 Å². The van der Waals surface area contributed by atoms with Gasteiger partial charge in [0.2, 0.25) is 0 Å². The Hall–Kier alpha value is -5.11. The standard InChI is InChI=1S/C36H38N2O6/c1-4-44-32-19-18-26(24-33(32)43-3)20-22-38(23-21-34(39)40)36(42)31-17-11-9-15-29(31)28-14-8-10-16-30(28)35(41)37(2)25-27-12-6-5-7-13-27/h5-19,24H,4,20-23,25H2,1-3H3,(H,39,40). The van der Waals surface area contributed by atoms with Crippen LogP contribution in [0.2, 0.25) is 0 Å². The van der Waals surface area contributed by atoms with Crippen molar-refractivity contribution >= 4 is 17.8 Å². The Kier molecular flexibility index (Phi) is 11.1. The molecule has 0 bridgehead atoms. The molecule has 0 aliphatic heterocycles. The van der Waals surface area contributed by atoms with Crippen molar-refractivity contribution in [1.29, 1.82) is 0 Å². The second kappa shape index (κ2) is 15.4. The van der Waals surface area contributed by atoms with E-state index in [1.807, 2.05) is 85.8 Å². The molecule has 44 heavy (non-hydrogen) atoms. The van der Waals surface area contributed by atoms with E-state index in [1.165, 1.54) is 0 Å². The molecule has 1 N–H and O–H groups in total. The minimum atomic E-state index is -0.990. The van der Waals surface area contributed by atoms with Crippen LogP contribution in [0.15, 0.2) is 97.1 Å². The van der Waals surface area contributed by atoms with Crippen molar-refractivity contribution in [2.24, 2.45) is 0 Å². The average molecular weight is 595 g/mol. The van der Waals surface area contributed by atoms with Crippen LogP contribution in [0.5, 0.6) is 11.5 Å². The van der Waals surface area contributed by atoms with Gasteiger partial charge in [-0.1, -0.05) is 72.8 Å². The summed E-state index contributed by atoms with van der Waals surface area (Å²) in [4.78, 5) is 42.5. The molecule has 8 nitrogen and oxygen atoms in total. The van der Waals surface area contributed by atoms with Gasteiger partial charge in [0.25, 0.3) is 11.8 Å². The summed E-state index contributed by atoms with van der Waals surface area (Å²) in [6.07, 6.45) is 0.287. The number of carboxylic acid groups (broad SMARTS) is 1. The van der Waals surface area contributed by atoms with Crippen LogP contribution in [0.4, 0.5) is 0 Å². The predicted molar refractivity (Wildman–Crippen MR) is 170 cm³/mol. The van der Waals surface area contributed by atoms with Gasteiger partial charge in [0.15, 0.2) is 11.5 Å². The summed E-state index contributed by atoms with van der Waals surface area (Å²) in [5.41, 5.74) is 4.05. The molecule has 4 aromatic rings. The molecule has 228 valence electrons. The summed E-state index contributed by atoms with van der Waals surface area (Å²) >= 11 is 0. The Morgan fingerprint density at radius 1 is 0.727 bits per heavy atom. The van der Waals surface area contributed by atoms with Gasteiger partial charge < -0.3 is 24.4 Å². The maximum absolute atomic E-state index is 14.1. The number of carbonyl (C=O) groups is 3. The summed E-state index contributed by atoms with van der Waals surface area (Å²) in [6.45, 7) is 3.17. The fraction of sp³-hybridized carbons (Fsp3) is 0.250. The molecular weight excluding hydrogens is 556 g/mol. The highest BCUT2D eigenvalue weighted by Gasteiger charge is 2.24. The summed E-state index contributed by atoms with van der Waals surface area (Å²) in [6, 6.07) is 29.8. The van der Waals surface area contributed by atoms with Crippen LogP contribution in [-0.2, 0) is 17.8 Å². The highest BCUT2D eigenvalue weighted by atomic mass is 16.5. The van der Waals surface area contributed by atoms with Crippen LogP contribution in [0, 0.1) is 0 Å².